The predicted molar refractivity (Wildman–Crippen MR) is 90.1 cm³/mol. The molecule has 5 nitrogen and oxygen atoms in total. The molecule has 5 heteroatoms. The normalized spacial score (nSPS) is 15.8. The smallest absolute Gasteiger partial charge is 0.255 e. The van der Waals surface area contributed by atoms with Gasteiger partial charge in [0.25, 0.3) is 5.91 Å². The Morgan fingerprint density at radius 1 is 1.17 bits per heavy atom. The van der Waals surface area contributed by atoms with E-state index in [1.165, 1.54) is 6.92 Å². The molecule has 0 aromatic heterocycles. The summed E-state index contributed by atoms with van der Waals surface area (Å²) in [5.41, 5.74) is 9.78. The van der Waals surface area contributed by atoms with Gasteiger partial charge in [0.05, 0.1) is 17.4 Å². The highest BCUT2D eigenvalue weighted by Crippen LogP contribution is 2.32. The van der Waals surface area contributed by atoms with Crippen LogP contribution in [-0.2, 0) is 11.2 Å². The number of nitrogens with one attached hydrogen (secondary N) is 2. The molecule has 1 aliphatic rings. The van der Waals surface area contributed by atoms with Gasteiger partial charge in [0.2, 0.25) is 5.91 Å². The first kappa shape index (κ1) is 15.1. The number of para-hydroxylation sites is 2. The van der Waals surface area contributed by atoms with Gasteiger partial charge in [0.1, 0.15) is 0 Å². The molecule has 2 aromatic carbocycles. The van der Waals surface area contributed by atoms with Crippen LogP contribution < -0.4 is 16.4 Å². The molecule has 0 radical (unpaired) electrons. The number of rotatable bonds is 3. The summed E-state index contributed by atoms with van der Waals surface area (Å²) in [4.78, 5) is 23.6. The zero-order valence-electron chi connectivity index (χ0n) is 12.9. The Morgan fingerprint density at radius 3 is 2.70 bits per heavy atom. The molecule has 3 rings (SSSR count). The fourth-order valence-electron chi connectivity index (χ4n) is 2.96. The molecular formula is C18H19N3O2. The molecule has 23 heavy (non-hydrogen) atoms. The third-order valence-corrected chi connectivity index (χ3v) is 4.07. The number of hydrogen-bond acceptors (Lipinski definition) is 3. The first-order valence-electron chi connectivity index (χ1n) is 7.60. The van der Waals surface area contributed by atoms with Gasteiger partial charge in [0.15, 0.2) is 0 Å². The van der Waals surface area contributed by atoms with Crippen molar-refractivity contribution in [1.82, 2.24) is 5.32 Å². The Kier molecular flexibility index (Phi) is 4.02. The molecule has 0 saturated carbocycles. The number of carbonyl (C=O) groups excluding carboxylic acids is 2. The van der Waals surface area contributed by atoms with Crippen molar-refractivity contribution >= 4 is 23.2 Å². The van der Waals surface area contributed by atoms with Gasteiger partial charge in [-0.25, -0.2) is 0 Å². The molecule has 4 N–H and O–H groups in total. The molecule has 0 bridgehead atoms. The Labute approximate surface area is 134 Å². The zero-order valence-corrected chi connectivity index (χ0v) is 12.9. The third kappa shape index (κ3) is 3.18. The number of amides is 2. The molecule has 118 valence electrons. The monoisotopic (exact) mass is 309 g/mol. The van der Waals surface area contributed by atoms with Gasteiger partial charge >= 0.3 is 0 Å². The summed E-state index contributed by atoms with van der Waals surface area (Å²) in [6.45, 7) is 1.52. The van der Waals surface area contributed by atoms with Crippen molar-refractivity contribution < 1.29 is 9.59 Å². The van der Waals surface area contributed by atoms with E-state index < -0.39 is 0 Å². The molecule has 2 amide bonds. The first-order valence-corrected chi connectivity index (χ1v) is 7.60. The molecule has 1 atom stereocenters. The van der Waals surface area contributed by atoms with Crippen LogP contribution in [0.4, 0.5) is 11.4 Å². The van der Waals surface area contributed by atoms with Crippen molar-refractivity contribution in [1.29, 1.82) is 0 Å². The van der Waals surface area contributed by atoms with E-state index in [9.17, 15) is 9.59 Å². The quantitative estimate of drug-likeness (QED) is 0.762. The summed E-state index contributed by atoms with van der Waals surface area (Å²) < 4.78 is 0. The maximum absolute atomic E-state index is 12.4. The molecule has 0 fully saturated rings. The van der Waals surface area contributed by atoms with Crippen LogP contribution in [0.2, 0.25) is 0 Å². The van der Waals surface area contributed by atoms with Gasteiger partial charge in [0, 0.05) is 12.5 Å². The molecule has 1 aliphatic carbocycles. The van der Waals surface area contributed by atoms with E-state index in [-0.39, 0.29) is 17.9 Å². The van der Waals surface area contributed by atoms with Crippen molar-refractivity contribution in [3.05, 3.63) is 59.2 Å². The van der Waals surface area contributed by atoms with E-state index in [4.69, 9.17) is 5.73 Å². The molecule has 0 heterocycles. The largest absolute Gasteiger partial charge is 0.397 e. The van der Waals surface area contributed by atoms with Crippen LogP contribution in [0.3, 0.4) is 0 Å². The number of anilines is 2. The minimum Gasteiger partial charge on any atom is -0.397 e. The predicted octanol–water partition coefficient (Wildman–Crippen LogP) is 2.64. The summed E-state index contributed by atoms with van der Waals surface area (Å²) in [7, 11) is 0. The van der Waals surface area contributed by atoms with Crippen LogP contribution in [0.25, 0.3) is 0 Å². The van der Waals surface area contributed by atoms with Gasteiger partial charge in [-0.2, -0.15) is 0 Å². The lowest BCUT2D eigenvalue weighted by Gasteiger charge is -2.13. The van der Waals surface area contributed by atoms with Gasteiger partial charge in [-0.15, -0.1) is 0 Å². The van der Waals surface area contributed by atoms with E-state index in [1.807, 2.05) is 24.3 Å². The van der Waals surface area contributed by atoms with Gasteiger partial charge in [-0.05, 0) is 48.2 Å². The number of nitrogens with two attached hydrogens (primary N) is 1. The van der Waals surface area contributed by atoms with Crippen molar-refractivity contribution in [3.8, 4) is 0 Å². The lowest BCUT2D eigenvalue weighted by Crippen LogP contribution is -2.24. The molecule has 0 aliphatic heterocycles. The summed E-state index contributed by atoms with van der Waals surface area (Å²) >= 11 is 0. The lowest BCUT2D eigenvalue weighted by atomic mass is 10.0. The molecule has 0 spiro atoms. The van der Waals surface area contributed by atoms with Crippen LogP contribution in [0.1, 0.15) is 40.9 Å². The minimum absolute atomic E-state index is 0.0378. The van der Waals surface area contributed by atoms with Crippen LogP contribution in [0.15, 0.2) is 42.5 Å². The van der Waals surface area contributed by atoms with Gasteiger partial charge in [-0.3, -0.25) is 9.59 Å². The second kappa shape index (κ2) is 6.12. The third-order valence-electron chi connectivity index (χ3n) is 4.07. The van der Waals surface area contributed by atoms with Gasteiger partial charge in [-0.1, -0.05) is 18.2 Å². The number of hydrogen-bond donors (Lipinski definition) is 3. The van der Waals surface area contributed by atoms with Crippen molar-refractivity contribution in [3.63, 3.8) is 0 Å². The number of aryl methyl sites for hydroxylation is 1. The topological polar surface area (TPSA) is 84.2 Å². The first-order chi connectivity index (χ1) is 11.0. The van der Waals surface area contributed by atoms with Crippen molar-refractivity contribution in [2.75, 3.05) is 11.1 Å². The minimum atomic E-state index is -0.186. The number of nitrogen functional groups attached to an aromatic ring is 1. The van der Waals surface area contributed by atoms with E-state index in [0.29, 0.717) is 16.9 Å². The van der Waals surface area contributed by atoms with Crippen molar-refractivity contribution in [2.24, 2.45) is 0 Å². The lowest BCUT2D eigenvalue weighted by molar-refractivity contribution is -0.119. The second-order valence-corrected chi connectivity index (χ2v) is 5.75. The zero-order chi connectivity index (χ0) is 16.4. The SMILES string of the molecule is CC(=O)NC1CCc2cc(C(=O)Nc3ccccc3N)ccc21. The summed E-state index contributed by atoms with van der Waals surface area (Å²) in [5.74, 6) is -0.224. The average molecular weight is 309 g/mol. The maximum atomic E-state index is 12.4. The fourth-order valence-corrected chi connectivity index (χ4v) is 2.96. The summed E-state index contributed by atoms with van der Waals surface area (Å²) in [6, 6.07) is 12.8. The van der Waals surface area contributed by atoms with Crippen LogP contribution in [0, 0.1) is 0 Å². The molecule has 1 unspecified atom stereocenters. The number of benzene rings is 2. The molecular weight excluding hydrogens is 290 g/mol. The Hall–Kier alpha value is -2.82. The van der Waals surface area contributed by atoms with Crippen molar-refractivity contribution in [2.45, 2.75) is 25.8 Å². The van der Waals surface area contributed by atoms with Gasteiger partial charge < -0.3 is 16.4 Å². The van der Waals surface area contributed by atoms with Crippen LogP contribution in [-0.4, -0.2) is 11.8 Å². The van der Waals surface area contributed by atoms with E-state index >= 15 is 0 Å². The highest BCUT2D eigenvalue weighted by Gasteiger charge is 2.24. The second-order valence-electron chi connectivity index (χ2n) is 5.75. The standard InChI is InChI=1S/C18H19N3O2/c1-11(22)20-16-9-7-12-10-13(6-8-14(12)16)18(23)21-17-5-3-2-4-15(17)19/h2-6,8,10,16H,7,9,19H2,1H3,(H,20,22)(H,21,23). The number of fused-ring (bicyclic) bond motifs is 1. The molecule has 0 saturated heterocycles. The summed E-state index contributed by atoms with van der Waals surface area (Å²) in [6.07, 6.45) is 1.72. The Morgan fingerprint density at radius 2 is 1.96 bits per heavy atom. The maximum Gasteiger partial charge on any atom is 0.255 e. The Balaban J connectivity index is 1.79. The summed E-state index contributed by atoms with van der Waals surface area (Å²) in [5, 5.41) is 5.77. The molecule has 2 aromatic rings. The average Bonchev–Trinajstić information content (AvgIpc) is 2.91. The van der Waals surface area contributed by atoms with E-state index in [1.54, 1.807) is 18.2 Å². The number of carbonyl (C=O) groups is 2. The fraction of sp³-hybridized carbons (Fsp3) is 0.222. The van der Waals surface area contributed by atoms with E-state index in [2.05, 4.69) is 10.6 Å². The van der Waals surface area contributed by atoms with E-state index in [0.717, 1.165) is 24.0 Å². The Bertz CT molecular complexity index is 771. The highest BCUT2D eigenvalue weighted by molar-refractivity contribution is 6.05. The van der Waals surface area contributed by atoms with Crippen LogP contribution in [0.5, 0.6) is 0 Å². The highest BCUT2D eigenvalue weighted by atomic mass is 16.2. The van der Waals surface area contributed by atoms with Crippen LogP contribution >= 0.6 is 0 Å².